The molecular formula is C27H22FN7O6. The van der Waals surface area contributed by atoms with Crippen molar-refractivity contribution in [3.8, 4) is 22.8 Å². The molecule has 3 aromatic heterocycles. The number of nitrogens with zero attached hydrogens (tertiary/aromatic N) is 5. The highest BCUT2D eigenvalue weighted by atomic mass is 19.1. The molecule has 2 aliphatic heterocycles. The van der Waals surface area contributed by atoms with Crippen LogP contribution in [0.2, 0.25) is 0 Å². The highest BCUT2D eigenvalue weighted by Crippen LogP contribution is 2.48. The highest BCUT2D eigenvalue weighted by molar-refractivity contribution is 6.06. The van der Waals surface area contributed by atoms with E-state index in [1.807, 2.05) is 0 Å². The van der Waals surface area contributed by atoms with Gasteiger partial charge in [0.2, 0.25) is 6.79 Å². The topological polar surface area (TPSA) is 171 Å². The number of benzene rings is 2. The minimum Gasteiger partial charge on any atom is -0.465 e. The van der Waals surface area contributed by atoms with Crippen LogP contribution in [0.3, 0.4) is 0 Å². The number of amides is 2. The predicted octanol–water partition coefficient (Wildman–Crippen LogP) is 4.26. The number of carbonyl (C=O) groups is 2. The molecule has 0 saturated carbocycles. The number of carboxylic acid groups (broad SMARTS) is 1. The second-order valence-corrected chi connectivity index (χ2v) is 9.75. The maximum atomic E-state index is 13.6. The lowest BCUT2D eigenvalue weighted by Gasteiger charge is -2.30. The molecule has 5 heterocycles. The van der Waals surface area contributed by atoms with Gasteiger partial charge in [0.25, 0.3) is 5.91 Å². The Hall–Kier alpha value is -5.40. The van der Waals surface area contributed by atoms with Gasteiger partial charge in [-0.05, 0) is 49.2 Å². The SMILES string of the molecule is Nc1ncnc2c1c(-c1ccc(NC(=O)c3cc4cc(F)ccc4o3)c3c1OCO3)nn2C1CCCN(C(=O)O)C1. The molecular weight excluding hydrogens is 537 g/mol. The van der Waals surface area contributed by atoms with Gasteiger partial charge in [0.15, 0.2) is 22.9 Å². The molecule has 2 aromatic carbocycles. The maximum absolute atomic E-state index is 13.6. The quantitative estimate of drug-likeness (QED) is 0.289. The summed E-state index contributed by atoms with van der Waals surface area (Å²) in [6.45, 7) is 0.609. The number of ether oxygens (including phenoxy) is 2. The Bertz CT molecular complexity index is 1870. The first-order valence-electron chi connectivity index (χ1n) is 12.8. The van der Waals surface area contributed by atoms with Gasteiger partial charge in [-0.15, -0.1) is 0 Å². The molecule has 0 radical (unpaired) electrons. The molecule has 5 aromatic rings. The van der Waals surface area contributed by atoms with Gasteiger partial charge in [-0.1, -0.05) is 0 Å². The summed E-state index contributed by atoms with van der Waals surface area (Å²) in [7, 11) is 0. The normalized spacial score (nSPS) is 16.4. The molecule has 4 N–H and O–H groups in total. The number of anilines is 2. The molecule has 1 unspecified atom stereocenters. The molecule has 0 bridgehead atoms. The Morgan fingerprint density at radius 2 is 1.98 bits per heavy atom. The standard InChI is InChI=1S/C27H22FN7O6/c28-14-3-6-18-13(8-14)9-19(41-18)26(36)32-17-5-4-16(22-23(17)40-12-39-22)21-20-24(29)30-11-31-25(20)35(33-21)15-2-1-7-34(10-15)27(37)38/h3-6,8-9,11,15H,1-2,7,10,12H2,(H,32,36)(H,37,38)(H2,29,30,31). The maximum Gasteiger partial charge on any atom is 0.407 e. The van der Waals surface area contributed by atoms with Gasteiger partial charge in [-0.25, -0.2) is 23.8 Å². The molecule has 14 heteroatoms. The Labute approximate surface area is 230 Å². The van der Waals surface area contributed by atoms with Crippen molar-refractivity contribution >= 4 is 45.5 Å². The number of fused-ring (bicyclic) bond motifs is 3. The number of nitrogen functional groups attached to an aromatic ring is 1. The van der Waals surface area contributed by atoms with Crippen molar-refractivity contribution in [3.05, 3.63) is 54.3 Å². The number of hydrogen-bond donors (Lipinski definition) is 3. The van der Waals surface area contributed by atoms with E-state index >= 15 is 0 Å². The zero-order valence-corrected chi connectivity index (χ0v) is 21.3. The molecule has 1 fully saturated rings. The largest absolute Gasteiger partial charge is 0.465 e. The average molecular weight is 560 g/mol. The van der Waals surface area contributed by atoms with Crippen LogP contribution in [0.1, 0.15) is 29.4 Å². The van der Waals surface area contributed by atoms with Crippen molar-refractivity contribution in [1.82, 2.24) is 24.6 Å². The highest BCUT2D eigenvalue weighted by Gasteiger charge is 2.31. The summed E-state index contributed by atoms with van der Waals surface area (Å²) in [5.41, 5.74) is 8.43. The van der Waals surface area contributed by atoms with E-state index in [4.69, 9.17) is 24.7 Å². The van der Waals surface area contributed by atoms with E-state index in [1.54, 1.807) is 16.8 Å². The number of hydrogen-bond acceptors (Lipinski definition) is 9. The minimum absolute atomic E-state index is 0.000104. The number of piperidine rings is 1. The number of likely N-dealkylation sites (tertiary alicyclic amines) is 1. The number of rotatable bonds is 4. The molecule has 41 heavy (non-hydrogen) atoms. The van der Waals surface area contributed by atoms with Crippen molar-refractivity contribution < 1.29 is 33.0 Å². The fourth-order valence-electron chi connectivity index (χ4n) is 5.36. The van der Waals surface area contributed by atoms with Crippen LogP contribution in [-0.4, -0.2) is 61.6 Å². The van der Waals surface area contributed by atoms with Gasteiger partial charge < -0.3 is 34.9 Å². The van der Waals surface area contributed by atoms with E-state index in [-0.39, 0.29) is 36.7 Å². The minimum atomic E-state index is -0.989. The molecule has 0 aliphatic carbocycles. The van der Waals surface area contributed by atoms with E-state index < -0.39 is 17.8 Å². The summed E-state index contributed by atoms with van der Waals surface area (Å²) in [5, 5.41) is 18.1. The molecule has 2 aliphatic rings. The van der Waals surface area contributed by atoms with Gasteiger partial charge in [0.05, 0.1) is 17.1 Å². The molecule has 2 amide bonds. The smallest absolute Gasteiger partial charge is 0.407 e. The van der Waals surface area contributed by atoms with Gasteiger partial charge in [0.1, 0.15) is 29.2 Å². The second-order valence-electron chi connectivity index (χ2n) is 9.75. The van der Waals surface area contributed by atoms with Crippen LogP contribution in [0, 0.1) is 5.82 Å². The lowest BCUT2D eigenvalue weighted by atomic mass is 10.1. The summed E-state index contributed by atoms with van der Waals surface area (Å²) in [6, 6.07) is 8.54. The Kier molecular flexibility index (Phi) is 5.62. The summed E-state index contributed by atoms with van der Waals surface area (Å²) in [5.74, 6) is -0.174. The van der Waals surface area contributed by atoms with Gasteiger partial charge in [-0.3, -0.25) is 4.79 Å². The van der Waals surface area contributed by atoms with Gasteiger partial charge >= 0.3 is 6.09 Å². The molecule has 7 rings (SSSR count). The Morgan fingerprint density at radius 1 is 1.12 bits per heavy atom. The van der Waals surface area contributed by atoms with E-state index in [2.05, 4.69) is 15.3 Å². The van der Waals surface area contributed by atoms with Gasteiger partial charge in [-0.2, -0.15) is 5.10 Å². The van der Waals surface area contributed by atoms with Crippen LogP contribution < -0.4 is 20.5 Å². The first kappa shape index (κ1) is 24.6. The lowest BCUT2D eigenvalue weighted by Crippen LogP contribution is -2.40. The van der Waals surface area contributed by atoms with Crippen LogP contribution in [0.15, 0.2) is 47.1 Å². The number of furan rings is 1. The second kappa shape index (κ2) is 9.36. The number of carbonyl (C=O) groups excluding carboxylic acids is 1. The number of nitrogens with two attached hydrogens (primary N) is 1. The van der Waals surface area contributed by atoms with Crippen molar-refractivity contribution in [2.45, 2.75) is 18.9 Å². The number of aromatic nitrogens is 4. The lowest BCUT2D eigenvalue weighted by molar-refractivity contribution is 0.0997. The summed E-state index contributed by atoms with van der Waals surface area (Å²) in [4.78, 5) is 34.6. The first-order chi connectivity index (χ1) is 19.9. The first-order valence-corrected chi connectivity index (χ1v) is 12.8. The zero-order valence-electron chi connectivity index (χ0n) is 21.3. The molecule has 1 saturated heterocycles. The molecule has 208 valence electrons. The van der Waals surface area contributed by atoms with E-state index in [0.717, 1.165) is 0 Å². The van der Waals surface area contributed by atoms with E-state index in [1.165, 1.54) is 35.5 Å². The predicted molar refractivity (Wildman–Crippen MR) is 143 cm³/mol. The average Bonchev–Trinajstić information content (AvgIpc) is 3.71. The van der Waals surface area contributed by atoms with Crippen molar-refractivity contribution in [2.24, 2.45) is 0 Å². The van der Waals surface area contributed by atoms with E-state index in [0.29, 0.717) is 64.1 Å². The monoisotopic (exact) mass is 559 g/mol. The summed E-state index contributed by atoms with van der Waals surface area (Å²) >= 11 is 0. The van der Waals surface area contributed by atoms with Crippen LogP contribution in [-0.2, 0) is 0 Å². The number of nitrogens with one attached hydrogen (secondary N) is 1. The van der Waals surface area contributed by atoms with Crippen LogP contribution in [0.4, 0.5) is 20.7 Å². The molecule has 13 nitrogen and oxygen atoms in total. The van der Waals surface area contributed by atoms with Crippen LogP contribution in [0.5, 0.6) is 11.5 Å². The Morgan fingerprint density at radius 3 is 2.83 bits per heavy atom. The van der Waals surface area contributed by atoms with Crippen molar-refractivity contribution in [2.75, 3.05) is 30.9 Å². The third-order valence-electron chi connectivity index (χ3n) is 7.26. The summed E-state index contributed by atoms with van der Waals surface area (Å²) < 4.78 is 32.4. The van der Waals surface area contributed by atoms with Crippen LogP contribution >= 0.6 is 0 Å². The van der Waals surface area contributed by atoms with Gasteiger partial charge in [0, 0.05) is 24.0 Å². The van der Waals surface area contributed by atoms with E-state index in [9.17, 15) is 19.1 Å². The van der Waals surface area contributed by atoms with Crippen LogP contribution in [0.25, 0.3) is 33.3 Å². The molecule has 1 atom stereocenters. The third-order valence-corrected chi connectivity index (χ3v) is 7.26. The fraction of sp³-hybridized carbons (Fsp3) is 0.222. The molecule has 0 spiro atoms. The summed E-state index contributed by atoms with van der Waals surface area (Å²) in [6.07, 6.45) is 1.74. The van der Waals surface area contributed by atoms with Crippen molar-refractivity contribution in [3.63, 3.8) is 0 Å². The Balaban J connectivity index is 1.27. The third kappa shape index (κ3) is 4.11. The number of halogens is 1. The fourth-order valence-corrected chi connectivity index (χ4v) is 5.36. The zero-order chi connectivity index (χ0) is 28.2. The van der Waals surface area contributed by atoms with Crippen molar-refractivity contribution in [1.29, 1.82) is 0 Å².